The van der Waals surface area contributed by atoms with Crippen LogP contribution >= 0.6 is 11.6 Å². The van der Waals surface area contributed by atoms with Crippen molar-refractivity contribution in [1.29, 1.82) is 0 Å². The van der Waals surface area contributed by atoms with Crippen LogP contribution in [0.2, 0.25) is 5.02 Å². The second-order valence-electron chi connectivity index (χ2n) is 8.59. The highest BCUT2D eigenvalue weighted by Crippen LogP contribution is 2.18. The van der Waals surface area contributed by atoms with E-state index in [1.54, 1.807) is 29.4 Å². The number of benzene rings is 3. The molecule has 0 aliphatic rings. The number of aromatic nitrogens is 1. The van der Waals surface area contributed by atoms with Crippen LogP contribution in [0.1, 0.15) is 22.3 Å². The summed E-state index contributed by atoms with van der Waals surface area (Å²) in [6.07, 6.45) is 3.97. The van der Waals surface area contributed by atoms with Crippen LogP contribution in [-0.2, 0) is 35.5 Å². The molecule has 1 N–H and O–H groups in total. The Bertz CT molecular complexity index is 1250. The number of nitrogens with one attached hydrogen (secondary N) is 1. The molecule has 0 aliphatic carbocycles. The first-order valence-corrected chi connectivity index (χ1v) is 12.2. The lowest BCUT2D eigenvalue weighted by Gasteiger charge is -2.31. The number of pyridine rings is 1. The van der Waals surface area contributed by atoms with Crippen molar-refractivity contribution >= 4 is 23.4 Å². The summed E-state index contributed by atoms with van der Waals surface area (Å²) in [6.45, 7) is 0.685. The van der Waals surface area contributed by atoms with Crippen molar-refractivity contribution in [3.63, 3.8) is 0 Å². The molecule has 3 aromatic carbocycles. The predicted octanol–water partition coefficient (Wildman–Crippen LogP) is 5.23. The highest BCUT2D eigenvalue weighted by Gasteiger charge is 2.30. The lowest BCUT2D eigenvalue weighted by Crippen LogP contribution is -2.50. The second kappa shape index (κ2) is 12.7. The molecule has 0 unspecified atom stereocenters. The van der Waals surface area contributed by atoms with Gasteiger partial charge < -0.3 is 10.2 Å². The van der Waals surface area contributed by atoms with Crippen molar-refractivity contribution in [1.82, 2.24) is 15.2 Å². The van der Waals surface area contributed by atoms with Crippen LogP contribution in [0.5, 0.6) is 0 Å². The summed E-state index contributed by atoms with van der Waals surface area (Å²) in [7, 11) is 0. The Balaban J connectivity index is 1.63. The summed E-state index contributed by atoms with van der Waals surface area (Å²) in [4.78, 5) is 33.1. The van der Waals surface area contributed by atoms with Crippen LogP contribution < -0.4 is 5.32 Å². The van der Waals surface area contributed by atoms with Crippen molar-refractivity contribution in [2.75, 3.05) is 0 Å². The molecular weight excluding hydrogens is 470 g/mol. The maximum Gasteiger partial charge on any atom is 0.243 e. The maximum atomic E-state index is 13.7. The van der Waals surface area contributed by atoms with E-state index in [1.807, 2.05) is 84.9 Å². The molecule has 182 valence electrons. The van der Waals surface area contributed by atoms with E-state index < -0.39 is 6.04 Å². The zero-order valence-electron chi connectivity index (χ0n) is 19.9. The number of amides is 2. The fraction of sp³-hybridized carbons (Fsp3) is 0.167. The van der Waals surface area contributed by atoms with E-state index >= 15 is 0 Å². The van der Waals surface area contributed by atoms with Crippen molar-refractivity contribution in [2.45, 2.75) is 32.0 Å². The molecule has 4 aromatic rings. The molecule has 0 bridgehead atoms. The first kappa shape index (κ1) is 25.1. The number of carbonyl (C=O) groups excluding carboxylic acids is 2. The third-order valence-corrected chi connectivity index (χ3v) is 6.20. The third-order valence-electron chi connectivity index (χ3n) is 5.95. The number of halogens is 1. The van der Waals surface area contributed by atoms with E-state index in [4.69, 9.17) is 11.6 Å². The molecule has 4 rings (SSSR count). The summed E-state index contributed by atoms with van der Waals surface area (Å²) < 4.78 is 0. The minimum atomic E-state index is -0.686. The molecule has 5 nitrogen and oxygen atoms in total. The summed E-state index contributed by atoms with van der Waals surface area (Å²) in [5.74, 6) is -0.322. The molecule has 0 aliphatic heterocycles. The molecule has 0 spiro atoms. The lowest BCUT2D eigenvalue weighted by molar-refractivity contribution is -0.140. The molecule has 1 atom stereocenters. The van der Waals surface area contributed by atoms with Crippen molar-refractivity contribution in [2.24, 2.45) is 0 Å². The Morgan fingerprint density at radius 3 is 2.00 bits per heavy atom. The van der Waals surface area contributed by atoms with Gasteiger partial charge in [-0.2, -0.15) is 0 Å². The number of hydrogen-bond acceptors (Lipinski definition) is 3. The first-order chi connectivity index (χ1) is 17.6. The predicted molar refractivity (Wildman–Crippen MR) is 142 cm³/mol. The van der Waals surface area contributed by atoms with Crippen LogP contribution in [0, 0.1) is 0 Å². The molecule has 0 saturated carbocycles. The summed E-state index contributed by atoms with van der Waals surface area (Å²) in [5, 5.41) is 3.65. The number of nitrogens with zero attached hydrogens (tertiary/aromatic N) is 2. The fourth-order valence-corrected chi connectivity index (χ4v) is 4.15. The topological polar surface area (TPSA) is 62.3 Å². The van der Waals surface area contributed by atoms with Gasteiger partial charge in [-0.25, -0.2) is 0 Å². The van der Waals surface area contributed by atoms with E-state index in [0.29, 0.717) is 24.5 Å². The molecule has 6 heteroatoms. The SMILES string of the molecule is O=C(NCc1ccncc1)[C@@H](Cc1ccccc1)N(Cc1ccccc1)C(=O)Cc1ccc(Cl)cc1. The Morgan fingerprint density at radius 2 is 1.36 bits per heavy atom. The van der Waals surface area contributed by atoms with Crippen molar-refractivity contribution in [3.05, 3.63) is 137 Å². The van der Waals surface area contributed by atoms with Crippen LogP contribution in [0.3, 0.4) is 0 Å². The molecular formula is C30H28ClN3O2. The van der Waals surface area contributed by atoms with Crippen LogP contribution in [0.4, 0.5) is 0 Å². The van der Waals surface area contributed by atoms with Crippen molar-refractivity contribution < 1.29 is 9.59 Å². The highest BCUT2D eigenvalue weighted by molar-refractivity contribution is 6.30. The van der Waals surface area contributed by atoms with E-state index in [1.165, 1.54) is 0 Å². The standard InChI is InChI=1S/C30H28ClN3O2/c31-27-13-11-24(12-14-27)20-29(35)34(22-26-9-5-2-6-10-26)28(19-23-7-3-1-4-8-23)30(36)33-21-25-15-17-32-18-16-25/h1-18,28H,19-22H2,(H,33,36)/t28-/m1/s1. The first-order valence-electron chi connectivity index (χ1n) is 11.9. The lowest BCUT2D eigenvalue weighted by atomic mass is 10.0. The van der Waals surface area contributed by atoms with E-state index in [2.05, 4.69) is 10.3 Å². The van der Waals surface area contributed by atoms with E-state index in [0.717, 1.165) is 22.3 Å². The van der Waals surface area contributed by atoms with E-state index in [9.17, 15) is 9.59 Å². The minimum Gasteiger partial charge on any atom is -0.350 e. The average molecular weight is 498 g/mol. The third kappa shape index (κ3) is 7.27. The monoisotopic (exact) mass is 497 g/mol. The van der Waals surface area contributed by atoms with Gasteiger partial charge >= 0.3 is 0 Å². The Kier molecular flexibility index (Phi) is 8.84. The molecule has 0 saturated heterocycles. The number of rotatable bonds is 10. The molecule has 0 radical (unpaired) electrons. The smallest absolute Gasteiger partial charge is 0.243 e. The molecule has 0 fully saturated rings. The Hall–Kier alpha value is -3.96. The fourth-order valence-electron chi connectivity index (χ4n) is 4.02. The second-order valence-corrected chi connectivity index (χ2v) is 9.03. The summed E-state index contributed by atoms with van der Waals surface area (Å²) >= 11 is 6.03. The summed E-state index contributed by atoms with van der Waals surface area (Å²) in [5.41, 5.74) is 3.73. The van der Waals surface area contributed by atoms with Crippen LogP contribution in [-0.4, -0.2) is 27.7 Å². The highest BCUT2D eigenvalue weighted by atomic mass is 35.5. The zero-order chi connectivity index (χ0) is 25.2. The van der Waals surface area contributed by atoms with Crippen LogP contribution in [0.25, 0.3) is 0 Å². The quantitative estimate of drug-likeness (QED) is 0.326. The van der Waals surface area contributed by atoms with Gasteiger partial charge in [0.2, 0.25) is 11.8 Å². The van der Waals surface area contributed by atoms with Gasteiger partial charge in [-0.15, -0.1) is 0 Å². The van der Waals surface area contributed by atoms with Gasteiger partial charge in [0.05, 0.1) is 6.42 Å². The average Bonchev–Trinajstić information content (AvgIpc) is 2.92. The molecule has 1 aromatic heterocycles. The number of carbonyl (C=O) groups is 2. The normalized spacial score (nSPS) is 11.5. The zero-order valence-corrected chi connectivity index (χ0v) is 20.6. The Labute approximate surface area is 216 Å². The van der Waals surface area contributed by atoms with Gasteiger partial charge in [0.1, 0.15) is 6.04 Å². The van der Waals surface area contributed by atoms with Crippen molar-refractivity contribution in [3.8, 4) is 0 Å². The van der Waals surface area contributed by atoms with Gasteiger partial charge in [-0.05, 0) is 46.5 Å². The van der Waals surface area contributed by atoms with Gasteiger partial charge in [-0.3, -0.25) is 14.6 Å². The van der Waals surface area contributed by atoms with E-state index in [-0.39, 0.29) is 18.2 Å². The van der Waals surface area contributed by atoms with Gasteiger partial charge in [0.25, 0.3) is 0 Å². The molecule has 2 amide bonds. The van der Waals surface area contributed by atoms with Crippen LogP contribution in [0.15, 0.2) is 109 Å². The molecule has 36 heavy (non-hydrogen) atoms. The largest absolute Gasteiger partial charge is 0.350 e. The number of hydrogen-bond donors (Lipinski definition) is 1. The molecule has 1 heterocycles. The minimum absolute atomic E-state index is 0.124. The Morgan fingerprint density at radius 1 is 0.750 bits per heavy atom. The maximum absolute atomic E-state index is 13.7. The summed E-state index contributed by atoms with van der Waals surface area (Å²) in [6, 6.07) is 29.8. The van der Waals surface area contributed by atoms with Gasteiger partial charge in [-0.1, -0.05) is 84.4 Å². The van der Waals surface area contributed by atoms with Gasteiger partial charge in [0.15, 0.2) is 0 Å². The van der Waals surface area contributed by atoms with Gasteiger partial charge in [0, 0.05) is 36.9 Å².